The van der Waals surface area contributed by atoms with Crippen LogP contribution < -0.4 is 5.73 Å². The number of nitrogens with one attached hydrogen (secondary N) is 2. The van der Waals surface area contributed by atoms with Crippen LogP contribution in [0.25, 0.3) is 0 Å². The number of hydrogen-bond acceptors (Lipinski definition) is 5. The summed E-state index contributed by atoms with van der Waals surface area (Å²) in [4.78, 5) is 0. The summed E-state index contributed by atoms with van der Waals surface area (Å²) < 4.78 is 7.43. The lowest BCUT2D eigenvalue weighted by Crippen LogP contribution is -2.33. The summed E-state index contributed by atoms with van der Waals surface area (Å²) in [6.07, 6.45) is 2.38. The average molecular weight is 446 g/mol. The third kappa shape index (κ3) is 5.16. The van der Waals surface area contributed by atoms with E-state index in [1.807, 2.05) is 63.2 Å². The molecule has 0 saturated heterocycles. The van der Waals surface area contributed by atoms with Gasteiger partial charge in [-0.3, -0.25) is 10.8 Å². The number of hydrogen-bond donors (Lipinski definition) is 3. The zero-order chi connectivity index (χ0) is 24.4. The molecule has 0 fully saturated rings. The maximum absolute atomic E-state index is 8.52. The summed E-state index contributed by atoms with van der Waals surface area (Å²) >= 11 is 0. The van der Waals surface area contributed by atoms with Crippen molar-refractivity contribution in [3.63, 3.8) is 0 Å². The highest BCUT2D eigenvalue weighted by atomic mass is 16.5. The first-order valence-electron chi connectivity index (χ1n) is 11.3. The van der Waals surface area contributed by atoms with E-state index >= 15 is 0 Å². The van der Waals surface area contributed by atoms with Gasteiger partial charge >= 0.3 is 0 Å². The molecule has 174 valence electrons. The summed E-state index contributed by atoms with van der Waals surface area (Å²) in [6.45, 7) is 12.2. The van der Waals surface area contributed by atoms with Crippen molar-refractivity contribution in [3.8, 4) is 0 Å². The van der Waals surface area contributed by atoms with Gasteiger partial charge in [0, 0.05) is 0 Å². The van der Waals surface area contributed by atoms with Gasteiger partial charge in [-0.15, -0.1) is 0 Å². The molecule has 0 aliphatic heterocycles. The molecule has 6 nitrogen and oxygen atoms in total. The van der Waals surface area contributed by atoms with Gasteiger partial charge < -0.3 is 10.5 Å². The molecule has 0 radical (unpaired) electrons. The first kappa shape index (κ1) is 24.2. The number of benzene rings is 2. The molecule has 0 bridgehead atoms. The molecule has 1 atom stereocenters. The van der Waals surface area contributed by atoms with Crippen molar-refractivity contribution in [3.05, 3.63) is 83.0 Å². The van der Waals surface area contributed by atoms with Crippen molar-refractivity contribution in [2.24, 2.45) is 0 Å². The monoisotopic (exact) mass is 445 g/mol. The van der Waals surface area contributed by atoms with Gasteiger partial charge in [-0.2, -0.15) is 5.10 Å². The van der Waals surface area contributed by atoms with Gasteiger partial charge in [-0.1, -0.05) is 67.1 Å². The molecule has 0 aliphatic carbocycles. The minimum absolute atomic E-state index is 0.0135. The predicted molar refractivity (Wildman–Crippen MR) is 135 cm³/mol. The van der Waals surface area contributed by atoms with Crippen LogP contribution in [0.3, 0.4) is 0 Å². The van der Waals surface area contributed by atoms with E-state index in [2.05, 4.69) is 38.0 Å². The van der Waals surface area contributed by atoms with E-state index in [9.17, 15) is 0 Å². The molecule has 1 unspecified atom stereocenters. The molecule has 3 rings (SSSR count). The lowest BCUT2D eigenvalue weighted by Gasteiger charge is -2.30. The van der Waals surface area contributed by atoms with Gasteiger partial charge in [0.05, 0.1) is 22.7 Å². The molecule has 2 aromatic carbocycles. The van der Waals surface area contributed by atoms with Crippen LogP contribution in [-0.2, 0) is 15.7 Å². The molecule has 6 heteroatoms. The third-order valence-corrected chi connectivity index (χ3v) is 6.34. The quantitative estimate of drug-likeness (QED) is 0.307. The van der Waals surface area contributed by atoms with Gasteiger partial charge in [0.2, 0.25) is 5.90 Å². The largest absolute Gasteiger partial charge is 0.424 e. The van der Waals surface area contributed by atoms with E-state index < -0.39 is 5.41 Å². The van der Waals surface area contributed by atoms with E-state index in [-0.39, 0.29) is 17.3 Å². The van der Waals surface area contributed by atoms with Crippen LogP contribution in [0.5, 0.6) is 0 Å². The number of nitrogens with zero attached hydrogens (tertiary/aromatic N) is 2. The van der Waals surface area contributed by atoms with Crippen molar-refractivity contribution >= 4 is 17.6 Å². The number of aryl methyl sites for hydroxylation is 1. The topological polar surface area (TPSA) is 101 Å². The molecule has 33 heavy (non-hydrogen) atoms. The van der Waals surface area contributed by atoms with Gasteiger partial charge in [-0.05, 0) is 58.1 Å². The van der Waals surface area contributed by atoms with Gasteiger partial charge in [0.15, 0.2) is 5.90 Å². The number of nitrogens with two attached hydrogens (primary N) is 1. The van der Waals surface area contributed by atoms with Crippen molar-refractivity contribution in [1.82, 2.24) is 9.78 Å². The Morgan fingerprint density at radius 1 is 1.03 bits per heavy atom. The lowest BCUT2D eigenvalue weighted by molar-refractivity contribution is 0.282. The van der Waals surface area contributed by atoms with Crippen molar-refractivity contribution in [2.45, 2.75) is 64.8 Å². The Balaban J connectivity index is 1.76. The Labute approximate surface area is 196 Å². The van der Waals surface area contributed by atoms with Crippen molar-refractivity contribution < 1.29 is 4.74 Å². The van der Waals surface area contributed by atoms with Crippen LogP contribution in [0, 0.1) is 17.7 Å². The second kappa shape index (κ2) is 9.22. The highest BCUT2D eigenvalue weighted by Crippen LogP contribution is 2.33. The summed E-state index contributed by atoms with van der Waals surface area (Å²) in [6, 6.07) is 18.4. The van der Waals surface area contributed by atoms with Crippen LogP contribution in [0.2, 0.25) is 0 Å². The zero-order valence-corrected chi connectivity index (χ0v) is 20.4. The zero-order valence-electron chi connectivity index (χ0n) is 20.4. The van der Waals surface area contributed by atoms with E-state index in [0.29, 0.717) is 17.3 Å². The molecule has 0 saturated carbocycles. The summed E-state index contributed by atoms with van der Waals surface area (Å²) in [5.74, 6) is 0.495. The van der Waals surface area contributed by atoms with Crippen LogP contribution in [0.4, 0.5) is 5.82 Å². The van der Waals surface area contributed by atoms with E-state index in [0.717, 1.165) is 17.5 Å². The standard InChI is InChI=1S/C27H35N5O/c1-18-12-14-21(15-13-18)27(5,6)25(30)33-24(29)22-17-31-32(23(22)28)26(3,4)16-19(2)20-10-8-7-9-11-20/h7-15,17,19,29-30H,16,28H2,1-6H3. The SMILES string of the molecule is Cc1ccc(C(C)(C)C(=N)OC(=N)c2cnn(C(C)(C)CC(C)c3ccccc3)c2N)cc1. The number of aromatic nitrogens is 2. The number of ether oxygens (including phenoxy) is 1. The molecule has 0 amide bonds. The highest BCUT2D eigenvalue weighted by Gasteiger charge is 2.32. The van der Waals surface area contributed by atoms with Gasteiger partial charge in [-0.25, -0.2) is 4.68 Å². The number of anilines is 1. The smallest absolute Gasteiger partial charge is 0.226 e. The Morgan fingerprint density at radius 3 is 2.24 bits per heavy atom. The number of rotatable bonds is 7. The summed E-state index contributed by atoms with van der Waals surface area (Å²) in [7, 11) is 0. The second-order valence-electron chi connectivity index (χ2n) is 9.93. The van der Waals surface area contributed by atoms with E-state index in [1.54, 1.807) is 10.9 Å². The fraction of sp³-hybridized carbons (Fsp3) is 0.370. The van der Waals surface area contributed by atoms with Crippen LogP contribution in [0.15, 0.2) is 60.8 Å². The Hall–Kier alpha value is -3.41. The molecular weight excluding hydrogens is 410 g/mol. The Morgan fingerprint density at radius 2 is 1.64 bits per heavy atom. The first-order valence-corrected chi connectivity index (χ1v) is 11.3. The summed E-state index contributed by atoms with van der Waals surface area (Å²) in [5, 5.41) is 21.5. The molecule has 0 aliphatic rings. The van der Waals surface area contributed by atoms with Gasteiger partial charge in [0.25, 0.3) is 0 Å². The fourth-order valence-electron chi connectivity index (χ4n) is 4.14. The molecule has 1 heterocycles. The molecule has 1 aromatic heterocycles. The minimum Gasteiger partial charge on any atom is -0.424 e. The van der Waals surface area contributed by atoms with E-state index in [1.165, 1.54) is 5.56 Å². The maximum Gasteiger partial charge on any atom is 0.226 e. The minimum atomic E-state index is -0.685. The molecular formula is C27H35N5O. The van der Waals surface area contributed by atoms with Crippen molar-refractivity contribution in [2.75, 3.05) is 5.73 Å². The van der Waals surface area contributed by atoms with Crippen LogP contribution in [-0.4, -0.2) is 21.6 Å². The Kier molecular flexibility index (Phi) is 6.77. The number of nitrogen functional groups attached to an aromatic ring is 1. The second-order valence-corrected chi connectivity index (χ2v) is 9.93. The Bertz CT molecular complexity index is 1130. The van der Waals surface area contributed by atoms with Crippen LogP contribution >= 0.6 is 0 Å². The lowest BCUT2D eigenvalue weighted by atomic mass is 9.84. The van der Waals surface area contributed by atoms with Gasteiger partial charge in [0.1, 0.15) is 5.82 Å². The molecule has 4 N–H and O–H groups in total. The van der Waals surface area contributed by atoms with E-state index in [4.69, 9.17) is 21.3 Å². The van der Waals surface area contributed by atoms with Crippen molar-refractivity contribution in [1.29, 1.82) is 10.8 Å². The maximum atomic E-state index is 8.52. The highest BCUT2D eigenvalue weighted by molar-refractivity contribution is 6.04. The third-order valence-electron chi connectivity index (χ3n) is 6.34. The normalized spacial score (nSPS) is 12.9. The first-order chi connectivity index (χ1) is 15.4. The molecule has 3 aromatic rings. The predicted octanol–water partition coefficient (Wildman–Crippen LogP) is 6.00. The molecule has 0 spiro atoms. The fourth-order valence-corrected chi connectivity index (χ4v) is 4.14. The average Bonchev–Trinajstić information content (AvgIpc) is 3.16. The summed E-state index contributed by atoms with van der Waals surface area (Å²) in [5.41, 5.74) is 9.13. The van der Waals surface area contributed by atoms with Crippen LogP contribution in [0.1, 0.15) is 69.2 Å².